The lowest BCUT2D eigenvalue weighted by Gasteiger charge is -2.19. The van der Waals surface area contributed by atoms with Gasteiger partial charge in [0.2, 0.25) is 0 Å². The summed E-state index contributed by atoms with van der Waals surface area (Å²) in [5.74, 6) is 0. The summed E-state index contributed by atoms with van der Waals surface area (Å²) in [4.78, 5) is 0. The van der Waals surface area contributed by atoms with Crippen molar-refractivity contribution >= 4 is 27.5 Å². The van der Waals surface area contributed by atoms with E-state index in [4.69, 9.17) is 11.6 Å². The lowest BCUT2D eigenvalue weighted by molar-refractivity contribution is 0.507. The van der Waals surface area contributed by atoms with Gasteiger partial charge in [-0.1, -0.05) is 40.5 Å². The van der Waals surface area contributed by atoms with Crippen molar-refractivity contribution in [2.24, 2.45) is 7.05 Å². The van der Waals surface area contributed by atoms with Gasteiger partial charge in [-0.3, -0.25) is 4.68 Å². The van der Waals surface area contributed by atoms with Gasteiger partial charge in [-0.2, -0.15) is 5.10 Å². The number of hydrogen-bond donors (Lipinski definition) is 1. The van der Waals surface area contributed by atoms with Crippen molar-refractivity contribution in [1.82, 2.24) is 15.1 Å². The van der Waals surface area contributed by atoms with Crippen LogP contribution in [0.25, 0.3) is 0 Å². The molecule has 1 N–H and O–H groups in total. The quantitative estimate of drug-likeness (QED) is 0.876. The Morgan fingerprint density at radius 3 is 2.70 bits per heavy atom. The van der Waals surface area contributed by atoms with Crippen molar-refractivity contribution in [2.45, 2.75) is 26.3 Å². The van der Waals surface area contributed by atoms with Crippen LogP contribution in [0.3, 0.4) is 0 Å². The van der Waals surface area contributed by atoms with Gasteiger partial charge in [0.15, 0.2) is 0 Å². The van der Waals surface area contributed by atoms with Gasteiger partial charge in [0.1, 0.15) is 0 Å². The third kappa shape index (κ3) is 3.62. The van der Waals surface area contributed by atoms with Gasteiger partial charge in [0.25, 0.3) is 0 Å². The SMILES string of the molecule is CCNC(Cc1ccc(Br)cc1Cl)c1cc(C)nn1C. The monoisotopic (exact) mass is 355 g/mol. The Balaban J connectivity index is 2.27. The maximum Gasteiger partial charge on any atom is 0.0597 e. The van der Waals surface area contributed by atoms with Gasteiger partial charge < -0.3 is 5.32 Å². The van der Waals surface area contributed by atoms with Crippen LogP contribution in [-0.2, 0) is 13.5 Å². The molecule has 0 spiro atoms. The highest BCUT2D eigenvalue weighted by molar-refractivity contribution is 9.10. The number of nitrogens with one attached hydrogen (secondary N) is 1. The van der Waals surface area contributed by atoms with Crippen molar-refractivity contribution in [3.63, 3.8) is 0 Å². The maximum atomic E-state index is 6.33. The standard InChI is InChI=1S/C15H19BrClN3/c1-4-18-14(15-7-10(2)19-20(15)3)8-11-5-6-12(16)9-13(11)17/h5-7,9,14,18H,4,8H2,1-3H3. The van der Waals surface area contributed by atoms with E-state index >= 15 is 0 Å². The highest BCUT2D eigenvalue weighted by atomic mass is 79.9. The van der Waals surface area contributed by atoms with Crippen LogP contribution in [0.1, 0.15) is 29.9 Å². The predicted molar refractivity (Wildman–Crippen MR) is 87.2 cm³/mol. The van der Waals surface area contributed by atoms with Gasteiger partial charge in [-0.25, -0.2) is 0 Å². The van der Waals surface area contributed by atoms with Crippen LogP contribution in [0, 0.1) is 6.92 Å². The molecule has 2 aromatic rings. The number of aryl methyl sites for hydroxylation is 2. The molecule has 0 aliphatic carbocycles. The van der Waals surface area contributed by atoms with E-state index in [2.05, 4.69) is 45.4 Å². The minimum Gasteiger partial charge on any atom is -0.309 e. The smallest absolute Gasteiger partial charge is 0.0597 e. The van der Waals surface area contributed by atoms with Gasteiger partial charge >= 0.3 is 0 Å². The Hall–Kier alpha value is -0.840. The van der Waals surface area contributed by atoms with Crippen LogP contribution in [0.2, 0.25) is 5.02 Å². The molecule has 0 fully saturated rings. The van der Waals surface area contributed by atoms with E-state index in [1.807, 2.05) is 30.8 Å². The molecule has 1 atom stereocenters. The summed E-state index contributed by atoms with van der Waals surface area (Å²) in [5, 5.41) is 8.73. The molecule has 1 unspecified atom stereocenters. The third-order valence-electron chi connectivity index (χ3n) is 3.28. The topological polar surface area (TPSA) is 29.9 Å². The first-order chi connectivity index (χ1) is 9.51. The van der Waals surface area contributed by atoms with Crippen molar-refractivity contribution in [3.05, 3.63) is 50.7 Å². The molecular formula is C15H19BrClN3. The van der Waals surface area contributed by atoms with Crippen LogP contribution in [0.15, 0.2) is 28.7 Å². The molecule has 1 aromatic carbocycles. The van der Waals surface area contributed by atoms with E-state index in [-0.39, 0.29) is 6.04 Å². The first kappa shape index (κ1) is 15.5. The molecule has 0 saturated heterocycles. The number of aromatic nitrogens is 2. The molecule has 5 heteroatoms. The molecule has 1 aromatic heterocycles. The number of nitrogens with zero attached hydrogens (tertiary/aromatic N) is 2. The zero-order valence-corrected chi connectivity index (χ0v) is 14.3. The molecule has 0 saturated carbocycles. The molecule has 0 bridgehead atoms. The van der Waals surface area contributed by atoms with E-state index < -0.39 is 0 Å². The lowest BCUT2D eigenvalue weighted by Crippen LogP contribution is -2.25. The minimum atomic E-state index is 0.213. The molecule has 0 amide bonds. The summed E-state index contributed by atoms with van der Waals surface area (Å²) in [6.07, 6.45) is 0.846. The van der Waals surface area contributed by atoms with Gasteiger partial charge in [-0.15, -0.1) is 0 Å². The third-order valence-corrected chi connectivity index (χ3v) is 4.13. The Labute approximate surface area is 133 Å². The first-order valence-corrected chi connectivity index (χ1v) is 7.86. The van der Waals surface area contributed by atoms with Crippen molar-refractivity contribution in [3.8, 4) is 0 Å². The fourth-order valence-corrected chi connectivity index (χ4v) is 3.14. The van der Waals surface area contributed by atoms with E-state index in [1.165, 1.54) is 5.69 Å². The highest BCUT2D eigenvalue weighted by Crippen LogP contribution is 2.26. The number of halogens is 2. The molecule has 0 aliphatic rings. The van der Waals surface area contributed by atoms with Crippen LogP contribution < -0.4 is 5.32 Å². The highest BCUT2D eigenvalue weighted by Gasteiger charge is 2.17. The minimum absolute atomic E-state index is 0.213. The maximum absolute atomic E-state index is 6.33. The Morgan fingerprint density at radius 2 is 2.15 bits per heavy atom. The number of rotatable bonds is 5. The van der Waals surface area contributed by atoms with Crippen LogP contribution in [0.4, 0.5) is 0 Å². The van der Waals surface area contributed by atoms with Gasteiger partial charge in [0, 0.05) is 16.5 Å². The average molecular weight is 357 g/mol. The van der Waals surface area contributed by atoms with Gasteiger partial charge in [-0.05, 0) is 43.7 Å². The summed E-state index contributed by atoms with van der Waals surface area (Å²) in [5.41, 5.74) is 3.36. The molecule has 3 nitrogen and oxygen atoms in total. The zero-order chi connectivity index (χ0) is 14.7. The normalized spacial score (nSPS) is 12.7. The summed E-state index contributed by atoms with van der Waals surface area (Å²) in [7, 11) is 1.98. The average Bonchev–Trinajstić information content (AvgIpc) is 2.71. The Kier molecular flexibility index (Phi) is 5.24. The lowest BCUT2D eigenvalue weighted by atomic mass is 10.0. The molecule has 20 heavy (non-hydrogen) atoms. The zero-order valence-electron chi connectivity index (χ0n) is 12.0. The largest absolute Gasteiger partial charge is 0.309 e. The Bertz CT molecular complexity index is 595. The molecule has 1 heterocycles. The number of hydrogen-bond acceptors (Lipinski definition) is 2. The van der Waals surface area contributed by atoms with E-state index in [0.717, 1.165) is 33.7 Å². The van der Waals surface area contributed by atoms with Crippen molar-refractivity contribution < 1.29 is 0 Å². The fraction of sp³-hybridized carbons (Fsp3) is 0.400. The first-order valence-electron chi connectivity index (χ1n) is 6.69. The molecule has 2 rings (SSSR count). The van der Waals surface area contributed by atoms with E-state index in [0.29, 0.717) is 0 Å². The molecule has 0 aliphatic heterocycles. The second kappa shape index (κ2) is 6.74. The number of likely N-dealkylation sites (N-methyl/N-ethyl adjacent to an activating group) is 1. The second-order valence-electron chi connectivity index (χ2n) is 4.88. The molecular weight excluding hydrogens is 338 g/mol. The van der Waals surface area contributed by atoms with E-state index in [1.54, 1.807) is 0 Å². The molecule has 108 valence electrons. The Morgan fingerprint density at radius 1 is 1.40 bits per heavy atom. The molecule has 0 radical (unpaired) electrons. The number of benzene rings is 1. The summed E-state index contributed by atoms with van der Waals surface area (Å²) < 4.78 is 2.94. The summed E-state index contributed by atoms with van der Waals surface area (Å²) >= 11 is 9.76. The van der Waals surface area contributed by atoms with Crippen LogP contribution in [0.5, 0.6) is 0 Å². The predicted octanol–water partition coefficient (Wildman–Crippen LogP) is 4.04. The summed E-state index contributed by atoms with van der Waals surface area (Å²) in [6.45, 7) is 5.03. The van der Waals surface area contributed by atoms with Crippen LogP contribution >= 0.6 is 27.5 Å². The van der Waals surface area contributed by atoms with Crippen molar-refractivity contribution in [2.75, 3.05) is 6.54 Å². The van der Waals surface area contributed by atoms with Crippen LogP contribution in [-0.4, -0.2) is 16.3 Å². The van der Waals surface area contributed by atoms with E-state index in [9.17, 15) is 0 Å². The van der Waals surface area contributed by atoms with Crippen molar-refractivity contribution in [1.29, 1.82) is 0 Å². The fourth-order valence-electron chi connectivity index (χ4n) is 2.39. The second-order valence-corrected chi connectivity index (χ2v) is 6.21. The summed E-state index contributed by atoms with van der Waals surface area (Å²) in [6, 6.07) is 8.37. The van der Waals surface area contributed by atoms with Gasteiger partial charge in [0.05, 0.1) is 17.4 Å².